The van der Waals surface area contributed by atoms with Crippen LogP contribution < -0.4 is 15.4 Å². The van der Waals surface area contributed by atoms with Crippen LogP contribution in [0.4, 0.5) is 11.4 Å². The second kappa shape index (κ2) is 5.35. The molecule has 0 aliphatic heterocycles. The van der Waals surface area contributed by atoms with Crippen molar-refractivity contribution in [1.82, 2.24) is 0 Å². The van der Waals surface area contributed by atoms with Crippen molar-refractivity contribution in [3.8, 4) is 5.75 Å². The van der Waals surface area contributed by atoms with Crippen LogP contribution in [0.1, 0.15) is 32.6 Å². The third kappa shape index (κ3) is 3.06. The van der Waals surface area contributed by atoms with E-state index in [9.17, 15) is 4.79 Å². The van der Waals surface area contributed by atoms with E-state index in [2.05, 4.69) is 10.6 Å². The fraction of sp³-hybridized carbons (Fsp3) is 0.562. The normalized spacial score (nSPS) is 17.9. The fourth-order valence-electron chi connectivity index (χ4n) is 2.80. The van der Waals surface area contributed by atoms with Crippen LogP contribution in [0.3, 0.4) is 0 Å². The number of methoxy groups -OCH3 is 1. The largest absolute Gasteiger partial charge is 0.494 e. The molecule has 0 spiro atoms. The Bertz CT molecular complexity index is 495. The molecule has 0 heterocycles. The number of carbonyl (C=O) groups is 1. The molecule has 0 unspecified atom stereocenters. The molecule has 0 radical (unpaired) electrons. The van der Waals surface area contributed by atoms with Gasteiger partial charge in [-0.15, -0.1) is 0 Å². The SMILES string of the molecule is COc1cc(NC(C2CC2)C2CC2)ccc1NC(C)=O. The van der Waals surface area contributed by atoms with E-state index in [4.69, 9.17) is 4.74 Å². The van der Waals surface area contributed by atoms with Crippen LogP contribution in [0.5, 0.6) is 5.75 Å². The predicted molar refractivity (Wildman–Crippen MR) is 80.2 cm³/mol. The first-order chi connectivity index (χ1) is 9.67. The van der Waals surface area contributed by atoms with Gasteiger partial charge in [0.15, 0.2) is 0 Å². The minimum atomic E-state index is -0.0853. The average Bonchev–Trinajstić information content (AvgIpc) is 3.28. The molecule has 1 aromatic rings. The van der Waals surface area contributed by atoms with Gasteiger partial charge in [-0.25, -0.2) is 0 Å². The van der Waals surface area contributed by atoms with Crippen LogP contribution >= 0.6 is 0 Å². The summed E-state index contributed by atoms with van der Waals surface area (Å²) >= 11 is 0. The monoisotopic (exact) mass is 274 g/mol. The van der Waals surface area contributed by atoms with Gasteiger partial charge >= 0.3 is 0 Å². The number of hydrogen-bond acceptors (Lipinski definition) is 3. The zero-order chi connectivity index (χ0) is 14.1. The average molecular weight is 274 g/mol. The van der Waals surface area contributed by atoms with Crippen molar-refractivity contribution in [2.45, 2.75) is 38.6 Å². The molecule has 2 fully saturated rings. The van der Waals surface area contributed by atoms with Gasteiger partial charge in [-0.3, -0.25) is 4.79 Å². The summed E-state index contributed by atoms with van der Waals surface area (Å²) in [6.45, 7) is 1.50. The molecule has 4 nitrogen and oxygen atoms in total. The van der Waals surface area contributed by atoms with Crippen molar-refractivity contribution >= 4 is 17.3 Å². The van der Waals surface area contributed by atoms with Crippen molar-refractivity contribution in [3.05, 3.63) is 18.2 Å². The standard InChI is InChI=1S/C16H22N2O2/c1-10(19)17-14-8-7-13(9-15(14)20-2)18-16(11-3-4-11)12-5-6-12/h7-9,11-12,16,18H,3-6H2,1-2H3,(H,17,19). The first kappa shape index (κ1) is 13.3. The maximum atomic E-state index is 11.2. The summed E-state index contributed by atoms with van der Waals surface area (Å²) in [6, 6.07) is 6.51. The minimum Gasteiger partial charge on any atom is -0.494 e. The van der Waals surface area contributed by atoms with Gasteiger partial charge in [0.2, 0.25) is 5.91 Å². The van der Waals surface area contributed by atoms with Gasteiger partial charge in [-0.1, -0.05) is 0 Å². The summed E-state index contributed by atoms with van der Waals surface area (Å²) < 4.78 is 5.37. The molecular weight excluding hydrogens is 252 g/mol. The van der Waals surface area contributed by atoms with Gasteiger partial charge in [-0.05, 0) is 49.7 Å². The van der Waals surface area contributed by atoms with Crippen LogP contribution in [0, 0.1) is 11.8 Å². The number of anilines is 2. The number of nitrogens with one attached hydrogen (secondary N) is 2. The highest BCUT2D eigenvalue weighted by Crippen LogP contribution is 2.46. The maximum Gasteiger partial charge on any atom is 0.221 e. The Kier molecular flexibility index (Phi) is 3.55. The lowest BCUT2D eigenvalue weighted by Crippen LogP contribution is -2.24. The number of benzene rings is 1. The topological polar surface area (TPSA) is 50.4 Å². The van der Waals surface area contributed by atoms with Crippen LogP contribution in [0.15, 0.2) is 18.2 Å². The quantitative estimate of drug-likeness (QED) is 0.837. The molecule has 0 atom stereocenters. The third-order valence-corrected chi connectivity index (χ3v) is 4.11. The van der Waals surface area contributed by atoms with Crippen molar-refractivity contribution < 1.29 is 9.53 Å². The van der Waals surface area contributed by atoms with Crippen molar-refractivity contribution in [3.63, 3.8) is 0 Å². The number of ether oxygens (including phenoxy) is 1. The lowest BCUT2D eigenvalue weighted by Gasteiger charge is -2.20. The molecular formula is C16H22N2O2. The first-order valence-electron chi connectivity index (χ1n) is 7.39. The summed E-state index contributed by atoms with van der Waals surface area (Å²) in [5.41, 5.74) is 1.81. The van der Waals surface area contributed by atoms with Crippen LogP contribution in [0.2, 0.25) is 0 Å². The molecule has 0 aromatic heterocycles. The second-order valence-electron chi connectivity index (χ2n) is 5.94. The predicted octanol–water partition coefficient (Wildman–Crippen LogP) is 3.25. The molecule has 1 aromatic carbocycles. The van der Waals surface area contributed by atoms with Crippen molar-refractivity contribution in [2.24, 2.45) is 11.8 Å². The molecule has 108 valence electrons. The van der Waals surface area contributed by atoms with Crippen molar-refractivity contribution in [1.29, 1.82) is 0 Å². The van der Waals surface area contributed by atoms with E-state index < -0.39 is 0 Å². The van der Waals surface area contributed by atoms with Gasteiger partial charge in [-0.2, -0.15) is 0 Å². The smallest absolute Gasteiger partial charge is 0.221 e. The van der Waals surface area contributed by atoms with E-state index in [1.54, 1.807) is 7.11 Å². The Balaban J connectivity index is 1.74. The van der Waals surface area contributed by atoms with Crippen LogP contribution in [-0.2, 0) is 4.79 Å². The number of hydrogen-bond donors (Lipinski definition) is 2. The van der Waals surface area contributed by atoms with Gasteiger partial charge in [0, 0.05) is 24.7 Å². The zero-order valence-electron chi connectivity index (χ0n) is 12.1. The molecule has 0 bridgehead atoms. The van der Waals surface area contributed by atoms with Gasteiger partial charge in [0.05, 0.1) is 12.8 Å². The Labute approximate surface area is 119 Å². The molecule has 2 aliphatic carbocycles. The van der Waals surface area contributed by atoms with Gasteiger partial charge < -0.3 is 15.4 Å². The molecule has 2 N–H and O–H groups in total. The lowest BCUT2D eigenvalue weighted by atomic mass is 10.1. The Morgan fingerprint density at radius 2 is 1.90 bits per heavy atom. The molecule has 2 aliphatic rings. The van der Waals surface area contributed by atoms with Gasteiger partial charge in [0.1, 0.15) is 5.75 Å². The van der Waals surface area contributed by atoms with E-state index >= 15 is 0 Å². The number of carbonyl (C=O) groups excluding carboxylic acids is 1. The Morgan fingerprint density at radius 3 is 2.40 bits per heavy atom. The second-order valence-corrected chi connectivity index (χ2v) is 5.94. The van der Waals surface area contributed by atoms with E-state index in [1.165, 1.54) is 32.6 Å². The Morgan fingerprint density at radius 1 is 1.25 bits per heavy atom. The summed E-state index contributed by atoms with van der Waals surface area (Å²) in [6.07, 6.45) is 5.43. The molecule has 3 rings (SSSR count). The summed E-state index contributed by atoms with van der Waals surface area (Å²) in [5, 5.41) is 6.45. The van der Waals surface area contributed by atoms with Crippen LogP contribution in [-0.4, -0.2) is 19.1 Å². The van der Waals surface area contributed by atoms with E-state index in [1.807, 2.05) is 18.2 Å². The highest BCUT2D eigenvalue weighted by Gasteiger charge is 2.41. The van der Waals surface area contributed by atoms with Gasteiger partial charge in [0.25, 0.3) is 0 Å². The fourth-order valence-corrected chi connectivity index (χ4v) is 2.80. The highest BCUT2D eigenvalue weighted by molar-refractivity contribution is 5.90. The first-order valence-corrected chi connectivity index (χ1v) is 7.39. The van der Waals surface area contributed by atoms with Crippen LogP contribution in [0.25, 0.3) is 0 Å². The van der Waals surface area contributed by atoms with E-state index in [0.717, 1.165) is 23.2 Å². The summed E-state index contributed by atoms with van der Waals surface area (Å²) in [7, 11) is 1.63. The molecule has 0 saturated heterocycles. The Hall–Kier alpha value is -1.71. The third-order valence-electron chi connectivity index (χ3n) is 4.11. The number of amides is 1. The van der Waals surface area contributed by atoms with E-state index in [-0.39, 0.29) is 5.91 Å². The number of rotatable bonds is 6. The maximum absolute atomic E-state index is 11.2. The molecule has 20 heavy (non-hydrogen) atoms. The summed E-state index contributed by atoms with van der Waals surface area (Å²) in [5.74, 6) is 2.32. The minimum absolute atomic E-state index is 0.0853. The van der Waals surface area contributed by atoms with Crippen molar-refractivity contribution in [2.75, 3.05) is 17.7 Å². The summed E-state index contributed by atoms with van der Waals surface area (Å²) in [4.78, 5) is 11.2. The zero-order valence-corrected chi connectivity index (χ0v) is 12.1. The molecule has 1 amide bonds. The lowest BCUT2D eigenvalue weighted by molar-refractivity contribution is -0.114. The molecule has 4 heteroatoms. The highest BCUT2D eigenvalue weighted by atomic mass is 16.5. The molecule has 2 saturated carbocycles. The van der Waals surface area contributed by atoms with E-state index in [0.29, 0.717) is 11.8 Å².